The number of benzene rings is 1. The average molecular weight is 243 g/mol. The van der Waals surface area contributed by atoms with Crippen molar-refractivity contribution in [3.63, 3.8) is 0 Å². The predicted octanol–water partition coefficient (Wildman–Crippen LogP) is 1.83. The number of rotatable bonds is 4. The molecule has 0 aliphatic rings. The van der Waals surface area contributed by atoms with Crippen molar-refractivity contribution in [3.8, 4) is 5.75 Å². The highest BCUT2D eigenvalue weighted by Crippen LogP contribution is 2.15. The van der Waals surface area contributed by atoms with Crippen LogP contribution in [0.5, 0.6) is 5.75 Å². The van der Waals surface area contributed by atoms with Gasteiger partial charge in [0.15, 0.2) is 6.61 Å². The van der Waals surface area contributed by atoms with Gasteiger partial charge in [-0.1, -0.05) is 11.6 Å². The summed E-state index contributed by atoms with van der Waals surface area (Å²) in [6, 6.07) is 6.76. The van der Waals surface area contributed by atoms with Crippen LogP contribution in [0.15, 0.2) is 24.3 Å². The molecule has 0 aromatic heterocycles. The van der Waals surface area contributed by atoms with Gasteiger partial charge in [0.1, 0.15) is 5.75 Å². The van der Waals surface area contributed by atoms with Crippen LogP contribution in [0.3, 0.4) is 0 Å². The highest BCUT2D eigenvalue weighted by atomic mass is 35.5. The van der Waals surface area contributed by atoms with E-state index in [9.17, 15) is 4.79 Å². The summed E-state index contributed by atoms with van der Waals surface area (Å²) in [4.78, 5) is 11.5. The lowest BCUT2D eigenvalue weighted by molar-refractivity contribution is -0.135. The number of hydrogen-bond donors (Lipinski definition) is 1. The van der Waals surface area contributed by atoms with Crippen molar-refractivity contribution in [2.75, 3.05) is 6.61 Å². The minimum absolute atomic E-state index is 0.0404. The molecule has 0 radical (unpaired) electrons. The Balaban J connectivity index is 2.46. The van der Waals surface area contributed by atoms with Gasteiger partial charge >= 0.3 is 0 Å². The summed E-state index contributed by atoms with van der Waals surface area (Å²) < 4.78 is 5.26. The number of carbonyl (C=O) groups excluding carboxylic acids is 1. The standard InChI is InChI=1S/C11H15ClN2O2/c1-8(2)14(13)11(15)7-16-10-5-3-9(12)4-6-10/h3-6,8H,7,13H2,1-2H3. The fourth-order valence-electron chi connectivity index (χ4n) is 1.04. The maximum absolute atomic E-state index is 11.5. The predicted molar refractivity (Wildman–Crippen MR) is 63.1 cm³/mol. The molecule has 0 heterocycles. The van der Waals surface area contributed by atoms with Gasteiger partial charge in [-0.15, -0.1) is 0 Å². The van der Waals surface area contributed by atoms with Crippen LogP contribution in [0.25, 0.3) is 0 Å². The Morgan fingerprint density at radius 3 is 2.50 bits per heavy atom. The lowest BCUT2D eigenvalue weighted by atomic mass is 10.3. The maximum atomic E-state index is 11.5. The van der Waals surface area contributed by atoms with Gasteiger partial charge in [-0.05, 0) is 38.1 Å². The molecule has 0 fully saturated rings. The molecule has 0 spiro atoms. The van der Waals surface area contributed by atoms with Gasteiger partial charge in [-0.3, -0.25) is 9.80 Å². The second kappa shape index (κ2) is 5.72. The number of amides is 1. The van der Waals surface area contributed by atoms with E-state index >= 15 is 0 Å². The summed E-state index contributed by atoms with van der Waals surface area (Å²) in [6.45, 7) is 3.59. The molecular formula is C11H15ClN2O2. The Bertz CT molecular complexity index is 352. The van der Waals surface area contributed by atoms with E-state index in [-0.39, 0.29) is 18.6 Å². The quantitative estimate of drug-likeness (QED) is 0.498. The molecule has 0 unspecified atom stereocenters. The second-order valence-corrected chi connectivity index (χ2v) is 4.07. The zero-order valence-corrected chi connectivity index (χ0v) is 10.1. The van der Waals surface area contributed by atoms with Crippen molar-refractivity contribution in [3.05, 3.63) is 29.3 Å². The SMILES string of the molecule is CC(C)N(N)C(=O)COc1ccc(Cl)cc1. The van der Waals surface area contributed by atoms with Gasteiger partial charge in [-0.25, -0.2) is 5.84 Å². The van der Waals surface area contributed by atoms with Crippen LogP contribution in [0.4, 0.5) is 0 Å². The highest BCUT2D eigenvalue weighted by Gasteiger charge is 2.12. The lowest BCUT2D eigenvalue weighted by Crippen LogP contribution is -2.45. The Kier molecular flexibility index (Phi) is 4.58. The zero-order chi connectivity index (χ0) is 12.1. The number of carbonyl (C=O) groups is 1. The van der Waals surface area contributed by atoms with Gasteiger partial charge in [0.05, 0.1) is 0 Å². The maximum Gasteiger partial charge on any atom is 0.274 e. The average Bonchev–Trinajstić information content (AvgIpc) is 2.26. The van der Waals surface area contributed by atoms with E-state index in [1.807, 2.05) is 13.8 Å². The zero-order valence-electron chi connectivity index (χ0n) is 9.31. The van der Waals surface area contributed by atoms with Gasteiger partial charge < -0.3 is 4.74 Å². The molecule has 5 heteroatoms. The molecule has 1 aromatic rings. The number of hydrogen-bond acceptors (Lipinski definition) is 3. The van der Waals surface area contributed by atoms with E-state index in [4.69, 9.17) is 22.2 Å². The summed E-state index contributed by atoms with van der Waals surface area (Å²) in [7, 11) is 0. The summed E-state index contributed by atoms with van der Waals surface area (Å²) in [5, 5.41) is 1.77. The first kappa shape index (κ1) is 12.8. The Morgan fingerprint density at radius 2 is 2.00 bits per heavy atom. The van der Waals surface area contributed by atoms with Crippen molar-refractivity contribution in [1.29, 1.82) is 0 Å². The van der Waals surface area contributed by atoms with Crippen molar-refractivity contribution in [1.82, 2.24) is 5.01 Å². The van der Waals surface area contributed by atoms with Gasteiger partial charge in [0.25, 0.3) is 5.91 Å². The van der Waals surface area contributed by atoms with Crippen molar-refractivity contribution in [2.45, 2.75) is 19.9 Å². The molecule has 0 bridgehead atoms. The molecule has 0 atom stereocenters. The number of nitrogens with two attached hydrogens (primary N) is 1. The third-order valence-corrected chi connectivity index (χ3v) is 2.27. The normalized spacial score (nSPS) is 10.3. The molecular weight excluding hydrogens is 228 g/mol. The van der Waals surface area contributed by atoms with Crippen LogP contribution in [0.1, 0.15) is 13.8 Å². The summed E-state index contributed by atoms with van der Waals surface area (Å²) >= 11 is 5.72. The molecule has 16 heavy (non-hydrogen) atoms. The van der Waals surface area contributed by atoms with Crippen LogP contribution in [0.2, 0.25) is 5.02 Å². The second-order valence-electron chi connectivity index (χ2n) is 3.64. The largest absolute Gasteiger partial charge is 0.484 e. The molecule has 1 rings (SSSR count). The first-order chi connectivity index (χ1) is 7.50. The van der Waals surface area contributed by atoms with Gasteiger partial charge in [-0.2, -0.15) is 0 Å². The molecule has 1 aromatic carbocycles. The highest BCUT2D eigenvalue weighted by molar-refractivity contribution is 6.30. The molecule has 0 aliphatic carbocycles. The number of ether oxygens (including phenoxy) is 1. The van der Waals surface area contributed by atoms with Crippen molar-refractivity contribution in [2.24, 2.45) is 5.84 Å². The van der Waals surface area contributed by atoms with E-state index in [2.05, 4.69) is 0 Å². The van der Waals surface area contributed by atoms with Crippen LogP contribution in [-0.2, 0) is 4.79 Å². The fourth-order valence-corrected chi connectivity index (χ4v) is 1.16. The minimum Gasteiger partial charge on any atom is -0.484 e. The smallest absolute Gasteiger partial charge is 0.274 e. The van der Waals surface area contributed by atoms with Crippen LogP contribution in [-0.4, -0.2) is 23.6 Å². The van der Waals surface area contributed by atoms with E-state index in [1.165, 1.54) is 0 Å². The number of halogens is 1. The Labute approximate surface area is 99.9 Å². The molecule has 1 amide bonds. The first-order valence-electron chi connectivity index (χ1n) is 4.96. The van der Waals surface area contributed by atoms with E-state index in [1.54, 1.807) is 24.3 Å². The van der Waals surface area contributed by atoms with Crippen molar-refractivity contribution < 1.29 is 9.53 Å². The molecule has 4 nitrogen and oxygen atoms in total. The first-order valence-corrected chi connectivity index (χ1v) is 5.33. The molecule has 0 saturated carbocycles. The van der Waals surface area contributed by atoms with Crippen LogP contribution in [0, 0.1) is 0 Å². The summed E-state index contributed by atoms with van der Waals surface area (Å²) in [5.74, 6) is 5.86. The Morgan fingerprint density at radius 1 is 1.44 bits per heavy atom. The van der Waals surface area contributed by atoms with Crippen LogP contribution >= 0.6 is 11.6 Å². The molecule has 0 aliphatic heterocycles. The monoisotopic (exact) mass is 242 g/mol. The molecule has 2 N–H and O–H groups in total. The van der Waals surface area contributed by atoms with Gasteiger partial charge in [0.2, 0.25) is 0 Å². The third kappa shape index (κ3) is 3.72. The van der Waals surface area contributed by atoms with Crippen molar-refractivity contribution >= 4 is 17.5 Å². The van der Waals surface area contributed by atoms with E-state index in [0.717, 1.165) is 5.01 Å². The molecule has 88 valence electrons. The number of hydrazine groups is 1. The van der Waals surface area contributed by atoms with E-state index in [0.29, 0.717) is 10.8 Å². The minimum atomic E-state index is -0.259. The Hall–Kier alpha value is -1.26. The summed E-state index contributed by atoms with van der Waals surface area (Å²) in [5.41, 5.74) is 0. The number of nitrogens with zero attached hydrogens (tertiary/aromatic N) is 1. The third-order valence-electron chi connectivity index (χ3n) is 2.02. The topological polar surface area (TPSA) is 55.6 Å². The fraction of sp³-hybridized carbons (Fsp3) is 0.364. The molecule has 0 saturated heterocycles. The summed E-state index contributed by atoms with van der Waals surface area (Å²) in [6.07, 6.45) is 0. The lowest BCUT2D eigenvalue weighted by Gasteiger charge is -2.20. The van der Waals surface area contributed by atoms with Crippen LogP contribution < -0.4 is 10.6 Å². The van der Waals surface area contributed by atoms with E-state index < -0.39 is 0 Å². The van der Waals surface area contributed by atoms with Gasteiger partial charge in [0, 0.05) is 11.1 Å².